The molecule has 1 heterocycles. The quantitative estimate of drug-likeness (QED) is 0.603. The van der Waals surface area contributed by atoms with Gasteiger partial charge in [0.25, 0.3) is 5.91 Å². The molecule has 0 aliphatic carbocycles. The largest absolute Gasteiger partial charge is 0.333 e. The molecular weight excluding hydrogens is 412 g/mol. The first-order chi connectivity index (χ1) is 13.8. The van der Waals surface area contributed by atoms with Crippen LogP contribution >= 0.6 is 11.6 Å². The highest BCUT2D eigenvalue weighted by Crippen LogP contribution is 2.25. The maximum absolute atomic E-state index is 13.2. The summed E-state index contributed by atoms with van der Waals surface area (Å²) in [5.41, 5.74) is 0.878. The van der Waals surface area contributed by atoms with Crippen LogP contribution in [0.5, 0.6) is 0 Å². The maximum Gasteiger partial charge on any atom is 0.255 e. The van der Waals surface area contributed by atoms with Gasteiger partial charge in [-0.25, -0.2) is 8.42 Å². The third kappa shape index (κ3) is 5.54. The molecule has 0 aliphatic heterocycles. The summed E-state index contributed by atoms with van der Waals surface area (Å²) in [5.74, 6) is -0.439. The van der Waals surface area contributed by atoms with Gasteiger partial charge in [0, 0.05) is 38.6 Å². The fraction of sp³-hybridized carbons (Fsp3) is 0.350. The average Bonchev–Trinajstić information content (AvgIpc) is 2.72. The fourth-order valence-electron chi connectivity index (χ4n) is 2.86. The van der Waals surface area contributed by atoms with Gasteiger partial charge in [-0.15, -0.1) is 0 Å². The van der Waals surface area contributed by atoms with Crippen molar-refractivity contribution in [1.29, 1.82) is 5.26 Å². The van der Waals surface area contributed by atoms with Crippen LogP contribution in [0.2, 0.25) is 5.02 Å². The highest BCUT2D eigenvalue weighted by Gasteiger charge is 2.25. The topological polar surface area (TPSA) is 94.4 Å². The smallest absolute Gasteiger partial charge is 0.255 e. The Kier molecular flexibility index (Phi) is 8.14. The van der Waals surface area contributed by atoms with Gasteiger partial charge in [0.15, 0.2) is 0 Å². The first kappa shape index (κ1) is 22.8. The molecular formula is C20H23ClN4O3S. The molecule has 1 amide bonds. The Morgan fingerprint density at radius 2 is 1.97 bits per heavy atom. The number of rotatable bonds is 9. The fourth-order valence-corrected chi connectivity index (χ4v) is 4.54. The Hall–Kier alpha value is -2.47. The van der Waals surface area contributed by atoms with E-state index in [1.807, 2.05) is 12.1 Å². The number of aromatic nitrogens is 1. The molecule has 2 aromatic rings. The number of hydrogen-bond acceptors (Lipinski definition) is 5. The van der Waals surface area contributed by atoms with Gasteiger partial charge in [-0.1, -0.05) is 31.5 Å². The number of halogens is 1. The average molecular weight is 435 g/mol. The Bertz CT molecular complexity index is 987. The number of hydrogen-bond donors (Lipinski definition) is 0. The molecule has 0 aliphatic rings. The third-order valence-electron chi connectivity index (χ3n) is 4.39. The van der Waals surface area contributed by atoms with Crippen LogP contribution in [-0.2, 0) is 16.6 Å². The van der Waals surface area contributed by atoms with E-state index in [9.17, 15) is 13.2 Å². The number of benzene rings is 1. The van der Waals surface area contributed by atoms with Gasteiger partial charge in [-0.2, -0.15) is 9.57 Å². The Morgan fingerprint density at radius 1 is 1.24 bits per heavy atom. The van der Waals surface area contributed by atoms with Crippen LogP contribution in [0.15, 0.2) is 47.6 Å². The van der Waals surface area contributed by atoms with Crippen LogP contribution < -0.4 is 0 Å². The Labute approximate surface area is 176 Å². The van der Waals surface area contributed by atoms with E-state index >= 15 is 0 Å². The lowest BCUT2D eigenvalue weighted by Gasteiger charge is -2.23. The van der Waals surface area contributed by atoms with Crippen LogP contribution in [0.1, 0.15) is 36.2 Å². The van der Waals surface area contributed by atoms with Crippen molar-refractivity contribution < 1.29 is 13.2 Å². The molecule has 7 nitrogen and oxygen atoms in total. The van der Waals surface area contributed by atoms with Gasteiger partial charge in [-0.3, -0.25) is 9.78 Å². The van der Waals surface area contributed by atoms with Crippen molar-refractivity contribution >= 4 is 27.5 Å². The van der Waals surface area contributed by atoms with Crippen molar-refractivity contribution in [2.45, 2.75) is 31.7 Å². The predicted octanol–water partition coefficient (Wildman–Crippen LogP) is 3.32. The number of pyridine rings is 1. The van der Waals surface area contributed by atoms with E-state index in [-0.39, 0.29) is 35.0 Å². The normalized spacial score (nSPS) is 11.3. The Balaban J connectivity index is 2.41. The van der Waals surface area contributed by atoms with Crippen molar-refractivity contribution in [2.24, 2.45) is 0 Å². The molecule has 0 bridgehead atoms. The second kappa shape index (κ2) is 10.3. The van der Waals surface area contributed by atoms with E-state index in [4.69, 9.17) is 16.9 Å². The summed E-state index contributed by atoms with van der Waals surface area (Å²) < 4.78 is 27.0. The molecule has 154 valence electrons. The molecule has 0 unspecified atom stereocenters. The van der Waals surface area contributed by atoms with Crippen molar-refractivity contribution in [3.8, 4) is 6.07 Å². The summed E-state index contributed by atoms with van der Waals surface area (Å²) in [6, 6.07) is 9.72. The molecule has 9 heteroatoms. The second-order valence-corrected chi connectivity index (χ2v) is 8.57. The van der Waals surface area contributed by atoms with Gasteiger partial charge < -0.3 is 4.90 Å². The molecule has 0 atom stereocenters. The van der Waals surface area contributed by atoms with E-state index < -0.39 is 15.9 Å². The molecule has 0 saturated heterocycles. The minimum absolute atomic E-state index is 0.00978. The van der Waals surface area contributed by atoms with Gasteiger partial charge in [-0.05, 0) is 29.8 Å². The van der Waals surface area contributed by atoms with Gasteiger partial charge in [0.05, 0.1) is 28.0 Å². The number of nitrogens with zero attached hydrogens (tertiary/aromatic N) is 4. The molecule has 0 radical (unpaired) electrons. The van der Waals surface area contributed by atoms with E-state index in [2.05, 4.69) is 4.98 Å². The van der Waals surface area contributed by atoms with Gasteiger partial charge in [0.1, 0.15) is 0 Å². The van der Waals surface area contributed by atoms with Crippen LogP contribution in [0.25, 0.3) is 0 Å². The SMILES string of the molecule is CCN(CC)S(=O)(=O)c1ccc(Cl)c(C(=O)N(CCC#N)Cc2cccnc2)c1. The number of carbonyl (C=O) groups excluding carboxylic acids is 1. The lowest BCUT2D eigenvalue weighted by atomic mass is 10.1. The molecule has 0 spiro atoms. The van der Waals surface area contributed by atoms with Gasteiger partial charge in [0.2, 0.25) is 10.0 Å². The molecule has 29 heavy (non-hydrogen) atoms. The molecule has 0 fully saturated rings. The minimum atomic E-state index is -3.73. The standard InChI is InChI=1S/C20H23ClN4O3S/c1-3-25(4-2)29(27,28)17-8-9-19(21)18(13-17)20(26)24(12-6-10-22)15-16-7-5-11-23-14-16/h5,7-9,11,13-14H,3-4,6,12,15H2,1-2H3. The third-order valence-corrected chi connectivity index (χ3v) is 6.76. The molecule has 0 saturated carbocycles. The lowest BCUT2D eigenvalue weighted by Crippen LogP contribution is -2.33. The summed E-state index contributed by atoms with van der Waals surface area (Å²) in [6.45, 7) is 4.56. The van der Waals surface area contributed by atoms with Crippen molar-refractivity contribution in [3.63, 3.8) is 0 Å². The highest BCUT2D eigenvalue weighted by molar-refractivity contribution is 7.89. The van der Waals surface area contributed by atoms with E-state index in [1.165, 1.54) is 27.4 Å². The zero-order valence-corrected chi connectivity index (χ0v) is 17.9. The first-order valence-electron chi connectivity index (χ1n) is 9.20. The molecule has 1 aromatic carbocycles. The van der Waals surface area contributed by atoms with E-state index in [1.54, 1.807) is 32.3 Å². The molecule has 2 rings (SSSR count). The van der Waals surface area contributed by atoms with Gasteiger partial charge >= 0.3 is 0 Å². The molecule has 0 N–H and O–H groups in total. The number of sulfonamides is 1. The zero-order chi connectivity index (χ0) is 21.4. The summed E-state index contributed by atoms with van der Waals surface area (Å²) in [7, 11) is -3.73. The summed E-state index contributed by atoms with van der Waals surface area (Å²) in [6.07, 6.45) is 3.40. The second-order valence-electron chi connectivity index (χ2n) is 6.23. The van der Waals surface area contributed by atoms with Crippen LogP contribution in [0.3, 0.4) is 0 Å². The Morgan fingerprint density at radius 3 is 2.55 bits per heavy atom. The number of amides is 1. The maximum atomic E-state index is 13.2. The lowest BCUT2D eigenvalue weighted by molar-refractivity contribution is 0.0746. The van der Waals surface area contributed by atoms with E-state index in [0.717, 1.165) is 5.56 Å². The highest BCUT2D eigenvalue weighted by atomic mass is 35.5. The van der Waals surface area contributed by atoms with Crippen LogP contribution in [0.4, 0.5) is 0 Å². The van der Waals surface area contributed by atoms with E-state index in [0.29, 0.717) is 13.1 Å². The summed E-state index contributed by atoms with van der Waals surface area (Å²) in [4.78, 5) is 18.7. The number of carbonyl (C=O) groups is 1. The zero-order valence-electron chi connectivity index (χ0n) is 16.4. The first-order valence-corrected chi connectivity index (χ1v) is 11.0. The van der Waals surface area contributed by atoms with Crippen molar-refractivity contribution in [2.75, 3.05) is 19.6 Å². The molecule has 1 aromatic heterocycles. The monoisotopic (exact) mass is 434 g/mol. The van der Waals surface area contributed by atoms with Crippen molar-refractivity contribution in [3.05, 3.63) is 58.9 Å². The summed E-state index contributed by atoms with van der Waals surface area (Å²) in [5, 5.41) is 9.10. The van der Waals surface area contributed by atoms with Crippen LogP contribution in [0, 0.1) is 11.3 Å². The number of nitriles is 1. The van der Waals surface area contributed by atoms with Crippen LogP contribution in [-0.4, -0.2) is 48.1 Å². The minimum Gasteiger partial charge on any atom is -0.333 e. The van der Waals surface area contributed by atoms with Crippen molar-refractivity contribution in [1.82, 2.24) is 14.2 Å². The predicted molar refractivity (Wildman–Crippen MR) is 111 cm³/mol. The summed E-state index contributed by atoms with van der Waals surface area (Å²) >= 11 is 6.24.